The first-order chi connectivity index (χ1) is 11.0. The highest BCUT2D eigenvalue weighted by molar-refractivity contribution is 6.30. The smallest absolute Gasteiger partial charge is 0.220 e. The molecule has 0 aliphatic heterocycles. The van der Waals surface area contributed by atoms with Gasteiger partial charge in [-0.1, -0.05) is 55.8 Å². The monoisotopic (exact) mass is 366 g/mol. The molecule has 2 aromatic carbocycles. The van der Waals surface area contributed by atoms with Gasteiger partial charge in [-0.2, -0.15) is 0 Å². The van der Waals surface area contributed by atoms with Crippen LogP contribution in [0.25, 0.3) is 0 Å². The molecule has 0 fully saturated rings. The van der Waals surface area contributed by atoms with Crippen molar-refractivity contribution in [1.82, 2.24) is 5.32 Å². The second-order valence-electron chi connectivity index (χ2n) is 6.04. The summed E-state index contributed by atoms with van der Waals surface area (Å²) in [6.07, 6.45) is 1.06. The molecule has 1 atom stereocenters. The van der Waals surface area contributed by atoms with E-state index in [1.165, 1.54) is 0 Å². The number of nitrogen functional groups attached to an aromatic ring is 1. The number of anilines is 1. The normalized spacial score (nSPS) is 11.7. The molecule has 0 aliphatic rings. The number of hydrogen-bond acceptors (Lipinski definition) is 2. The number of carbonyl (C=O) groups is 1. The minimum Gasteiger partial charge on any atom is -0.399 e. The van der Waals surface area contributed by atoms with Crippen LogP contribution in [-0.2, 0) is 11.2 Å². The zero-order chi connectivity index (χ0) is 16.8. The van der Waals surface area contributed by atoms with Crippen LogP contribution in [0.4, 0.5) is 5.69 Å². The first kappa shape index (κ1) is 20.3. The Kier molecular flexibility index (Phi) is 8.09. The molecule has 3 N–H and O–H groups in total. The lowest BCUT2D eigenvalue weighted by Gasteiger charge is -2.23. The van der Waals surface area contributed by atoms with Crippen LogP contribution >= 0.6 is 24.0 Å². The summed E-state index contributed by atoms with van der Waals surface area (Å²) >= 11 is 5.93. The molecule has 1 unspecified atom stereocenters. The van der Waals surface area contributed by atoms with Gasteiger partial charge in [0.15, 0.2) is 0 Å². The summed E-state index contributed by atoms with van der Waals surface area (Å²) in [6.45, 7) is 4.18. The number of hydrogen-bond donors (Lipinski definition) is 2. The predicted molar refractivity (Wildman–Crippen MR) is 104 cm³/mol. The van der Waals surface area contributed by atoms with Crippen molar-refractivity contribution in [2.75, 3.05) is 5.73 Å². The van der Waals surface area contributed by atoms with E-state index in [2.05, 4.69) is 19.2 Å². The molecular weight excluding hydrogens is 343 g/mol. The number of aryl methyl sites for hydroxylation is 1. The molecule has 0 spiro atoms. The van der Waals surface area contributed by atoms with Crippen molar-refractivity contribution in [3.63, 3.8) is 0 Å². The number of benzene rings is 2. The average molecular weight is 367 g/mol. The Morgan fingerprint density at radius 3 is 2.33 bits per heavy atom. The van der Waals surface area contributed by atoms with Gasteiger partial charge in [-0.05, 0) is 41.7 Å². The van der Waals surface area contributed by atoms with E-state index in [-0.39, 0.29) is 24.4 Å². The summed E-state index contributed by atoms with van der Waals surface area (Å²) in [5.41, 5.74) is 8.73. The number of para-hydroxylation sites is 1. The third kappa shape index (κ3) is 5.73. The maximum absolute atomic E-state index is 12.3. The van der Waals surface area contributed by atoms with Crippen LogP contribution in [0.1, 0.15) is 37.4 Å². The van der Waals surface area contributed by atoms with Gasteiger partial charge in [-0.25, -0.2) is 0 Å². The summed E-state index contributed by atoms with van der Waals surface area (Å²) in [5.74, 6) is 0.323. The second-order valence-corrected chi connectivity index (χ2v) is 6.48. The van der Waals surface area contributed by atoms with Crippen molar-refractivity contribution in [2.24, 2.45) is 5.92 Å². The Labute approximate surface area is 155 Å². The fourth-order valence-corrected chi connectivity index (χ4v) is 2.69. The van der Waals surface area contributed by atoms with Crippen LogP contribution in [0.2, 0.25) is 5.02 Å². The van der Waals surface area contributed by atoms with Crippen molar-refractivity contribution in [3.8, 4) is 0 Å². The summed E-state index contributed by atoms with van der Waals surface area (Å²) in [5, 5.41) is 3.82. The zero-order valence-corrected chi connectivity index (χ0v) is 15.5. The van der Waals surface area contributed by atoms with E-state index in [0.717, 1.165) is 16.8 Å². The third-order valence-corrected chi connectivity index (χ3v) is 4.14. The minimum absolute atomic E-state index is 0. The van der Waals surface area contributed by atoms with Gasteiger partial charge in [0, 0.05) is 17.1 Å². The van der Waals surface area contributed by atoms with E-state index in [1.54, 1.807) is 0 Å². The van der Waals surface area contributed by atoms with Gasteiger partial charge in [-0.3, -0.25) is 4.79 Å². The molecule has 130 valence electrons. The van der Waals surface area contributed by atoms with Gasteiger partial charge in [-0.15, -0.1) is 12.4 Å². The largest absolute Gasteiger partial charge is 0.399 e. The Hall–Kier alpha value is -1.71. The van der Waals surface area contributed by atoms with E-state index >= 15 is 0 Å². The molecule has 0 heterocycles. The van der Waals surface area contributed by atoms with Crippen LogP contribution in [-0.4, -0.2) is 5.91 Å². The first-order valence-corrected chi connectivity index (χ1v) is 8.23. The standard InChI is InChI=1S/C19H23ClN2O.ClH/c1-13(2)19(15-7-10-16(20)11-8-15)22-18(23)12-9-14-5-3-4-6-17(14)21;/h3-8,10-11,13,19H,9,12,21H2,1-2H3,(H,22,23);1H. The van der Waals surface area contributed by atoms with E-state index in [0.29, 0.717) is 23.8 Å². The Bertz CT molecular complexity index is 657. The number of nitrogens with one attached hydrogen (secondary N) is 1. The fraction of sp³-hybridized carbons (Fsp3) is 0.316. The molecule has 24 heavy (non-hydrogen) atoms. The molecule has 3 nitrogen and oxygen atoms in total. The highest BCUT2D eigenvalue weighted by atomic mass is 35.5. The zero-order valence-electron chi connectivity index (χ0n) is 14.0. The van der Waals surface area contributed by atoms with Gasteiger partial charge in [0.1, 0.15) is 0 Å². The van der Waals surface area contributed by atoms with Crippen LogP contribution in [0.15, 0.2) is 48.5 Å². The average Bonchev–Trinajstić information content (AvgIpc) is 2.52. The number of amides is 1. The molecule has 0 bridgehead atoms. The van der Waals surface area contributed by atoms with Gasteiger partial charge in [0.05, 0.1) is 6.04 Å². The predicted octanol–water partition coefficient (Wildman–Crippen LogP) is 4.79. The van der Waals surface area contributed by atoms with Crippen molar-refractivity contribution >= 4 is 35.6 Å². The van der Waals surface area contributed by atoms with Gasteiger partial charge < -0.3 is 11.1 Å². The Morgan fingerprint density at radius 2 is 1.75 bits per heavy atom. The van der Waals surface area contributed by atoms with Crippen molar-refractivity contribution in [3.05, 3.63) is 64.7 Å². The second kappa shape index (κ2) is 9.55. The molecule has 0 radical (unpaired) electrons. The van der Waals surface area contributed by atoms with E-state index in [1.807, 2.05) is 48.5 Å². The summed E-state index contributed by atoms with van der Waals surface area (Å²) in [6, 6.07) is 15.3. The number of carbonyl (C=O) groups excluding carboxylic acids is 1. The lowest BCUT2D eigenvalue weighted by Crippen LogP contribution is -2.31. The fourth-order valence-electron chi connectivity index (χ4n) is 2.56. The molecule has 2 rings (SSSR count). The van der Waals surface area contributed by atoms with E-state index in [4.69, 9.17) is 17.3 Å². The first-order valence-electron chi connectivity index (χ1n) is 7.85. The lowest BCUT2D eigenvalue weighted by molar-refractivity contribution is -0.122. The molecule has 2 aromatic rings. The highest BCUT2D eigenvalue weighted by Gasteiger charge is 2.18. The molecule has 1 amide bonds. The summed E-state index contributed by atoms with van der Waals surface area (Å²) < 4.78 is 0. The van der Waals surface area contributed by atoms with E-state index in [9.17, 15) is 4.79 Å². The lowest BCUT2D eigenvalue weighted by atomic mass is 9.95. The number of nitrogens with two attached hydrogens (primary N) is 1. The molecule has 0 saturated carbocycles. The van der Waals surface area contributed by atoms with Crippen molar-refractivity contribution < 1.29 is 4.79 Å². The van der Waals surface area contributed by atoms with Crippen LogP contribution in [0.5, 0.6) is 0 Å². The molecule has 0 saturated heterocycles. The topological polar surface area (TPSA) is 55.1 Å². The summed E-state index contributed by atoms with van der Waals surface area (Å²) in [4.78, 5) is 12.3. The van der Waals surface area contributed by atoms with Crippen molar-refractivity contribution in [2.45, 2.75) is 32.7 Å². The van der Waals surface area contributed by atoms with Gasteiger partial charge >= 0.3 is 0 Å². The van der Waals surface area contributed by atoms with Crippen LogP contribution < -0.4 is 11.1 Å². The molecular formula is C19H24Cl2N2O. The quantitative estimate of drug-likeness (QED) is 0.722. The van der Waals surface area contributed by atoms with Crippen LogP contribution in [0.3, 0.4) is 0 Å². The van der Waals surface area contributed by atoms with Crippen molar-refractivity contribution in [1.29, 1.82) is 0 Å². The molecule has 5 heteroatoms. The number of rotatable bonds is 6. The number of halogens is 2. The third-order valence-electron chi connectivity index (χ3n) is 3.89. The Morgan fingerprint density at radius 1 is 1.12 bits per heavy atom. The van der Waals surface area contributed by atoms with E-state index < -0.39 is 0 Å². The van der Waals surface area contributed by atoms with Crippen LogP contribution in [0, 0.1) is 5.92 Å². The highest BCUT2D eigenvalue weighted by Crippen LogP contribution is 2.23. The maximum atomic E-state index is 12.3. The molecule has 0 aromatic heterocycles. The Balaban J connectivity index is 0.00000288. The SMILES string of the molecule is CC(C)C(NC(=O)CCc1ccccc1N)c1ccc(Cl)cc1.Cl. The minimum atomic E-state index is -0.0205. The molecule has 0 aliphatic carbocycles. The van der Waals surface area contributed by atoms with Gasteiger partial charge in [0.25, 0.3) is 0 Å². The van der Waals surface area contributed by atoms with Gasteiger partial charge in [0.2, 0.25) is 5.91 Å². The summed E-state index contributed by atoms with van der Waals surface area (Å²) in [7, 11) is 0. The maximum Gasteiger partial charge on any atom is 0.220 e.